The molecular weight excluding hydrogens is 490 g/mol. The van der Waals surface area contributed by atoms with Gasteiger partial charge in [0.1, 0.15) is 11.6 Å². The average Bonchev–Trinajstić information content (AvgIpc) is 3.47. The highest BCUT2D eigenvalue weighted by Gasteiger charge is 2.20. The van der Waals surface area contributed by atoms with Crippen molar-refractivity contribution in [1.82, 2.24) is 19.6 Å². The summed E-state index contributed by atoms with van der Waals surface area (Å²) in [5.41, 5.74) is 1.34. The molecule has 4 rings (SSSR count). The normalized spacial score (nSPS) is 11.1. The van der Waals surface area contributed by atoms with Crippen LogP contribution >= 0.6 is 11.6 Å². The summed E-state index contributed by atoms with van der Waals surface area (Å²) in [6, 6.07) is 5.33. The Hall–Kier alpha value is -3.86. The minimum absolute atomic E-state index is 0.0527. The highest BCUT2D eigenvalue weighted by Crippen LogP contribution is 2.26. The van der Waals surface area contributed by atoms with Gasteiger partial charge in [-0.25, -0.2) is 22.2 Å². The molecule has 0 atom stereocenters. The van der Waals surface area contributed by atoms with E-state index in [1.807, 2.05) is 13.8 Å². The van der Waals surface area contributed by atoms with E-state index in [0.717, 1.165) is 15.8 Å². The number of aryl methyl sites for hydroxylation is 2. The number of aromatic nitrogens is 4. The van der Waals surface area contributed by atoms with E-state index in [0.29, 0.717) is 10.8 Å². The first-order valence-electron chi connectivity index (χ1n) is 10.2. The van der Waals surface area contributed by atoms with Crippen LogP contribution in [0.1, 0.15) is 27.2 Å². The maximum absolute atomic E-state index is 13.9. The summed E-state index contributed by atoms with van der Waals surface area (Å²) in [4.78, 5) is 12.5. The highest BCUT2D eigenvalue weighted by molar-refractivity contribution is 6.32. The van der Waals surface area contributed by atoms with Crippen LogP contribution in [0.15, 0.2) is 42.9 Å². The summed E-state index contributed by atoms with van der Waals surface area (Å²) >= 11 is 6.15. The van der Waals surface area contributed by atoms with E-state index >= 15 is 0 Å². The lowest BCUT2D eigenvalue weighted by Crippen LogP contribution is -2.14. The Balaban J connectivity index is 1.38. The van der Waals surface area contributed by atoms with Crippen LogP contribution in [0.25, 0.3) is 0 Å². The average molecular weight is 508 g/mol. The van der Waals surface area contributed by atoms with Crippen molar-refractivity contribution in [2.24, 2.45) is 0 Å². The van der Waals surface area contributed by atoms with Gasteiger partial charge in [0.2, 0.25) is 0 Å². The van der Waals surface area contributed by atoms with Gasteiger partial charge in [-0.3, -0.25) is 9.48 Å². The number of benzene rings is 2. The molecule has 0 aliphatic rings. The van der Waals surface area contributed by atoms with Gasteiger partial charge in [0.25, 0.3) is 5.91 Å². The Labute approximate surface area is 201 Å². The number of ether oxygens (including phenoxy) is 1. The summed E-state index contributed by atoms with van der Waals surface area (Å²) in [5, 5.41) is 11.2. The van der Waals surface area contributed by atoms with Gasteiger partial charge in [-0.1, -0.05) is 11.6 Å². The predicted molar refractivity (Wildman–Crippen MR) is 119 cm³/mol. The molecule has 0 unspecified atom stereocenters. The van der Waals surface area contributed by atoms with Gasteiger partial charge in [0.15, 0.2) is 29.9 Å². The van der Waals surface area contributed by atoms with E-state index in [-0.39, 0.29) is 24.2 Å². The van der Waals surface area contributed by atoms with Gasteiger partial charge in [-0.15, -0.1) is 0 Å². The number of nitrogens with zero attached hydrogens (tertiary/aromatic N) is 4. The molecule has 0 radical (unpaired) electrons. The summed E-state index contributed by atoms with van der Waals surface area (Å²) in [6.07, 6.45) is 4.07. The molecule has 1 amide bonds. The van der Waals surface area contributed by atoms with Crippen LogP contribution < -0.4 is 10.1 Å². The molecule has 0 bridgehead atoms. The summed E-state index contributed by atoms with van der Waals surface area (Å²) in [6.45, 7) is 3.27. The molecule has 4 aromatic rings. The molecule has 1 N–H and O–H groups in total. The van der Waals surface area contributed by atoms with Crippen LogP contribution in [0.2, 0.25) is 5.02 Å². The maximum Gasteiger partial charge on any atom is 0.276 e. The van der Waals surface area contributed by atoms with Crippen molar-refractivity contribution in [3.05, 3.63) is 93.5 Å². The second-order valence-electron chi connectivity index (χ2n) is 7.71. The van der Waals surface area contributed by atoms with Crippen LogP contribution in [0.3, 0.4) is 0 Å². The molecule has 35 heavy (non-hydrogen) atoms. The highest BCUT2D eigenvalue weighted by atomic mass is 35.5. The van der Waals surface area contributed by atoms with Crippen molar-refractivity contribution >= 4 is 23.2 Å². The van der Waals surface area contributed by atoms with Crippen molar-refractivity contribution in [2.45, 2.75) is 27.1 Å². The van der Waals surface area contributed by atoms with E-state index in [1.165, 1.54) is 23.1 Å². The first kappa shape index (κ1) is 24.3. The fourth-order valence-electron chi connectivity index (χ4n) is 3.31. The second kappa shape index (κ2) is 9.79. The summed E-state index contributed by atoms with van der Waals surface area (Å²) in [7, 11) is 0. The Morgan fingerprint density at radius 3 is 2.49 bits per heavy atom. The molecule has 7 nitrogen and oxygen atoms in total. The molecule has 0 saturated heterocycles. The topological polar surface area (TPSA) is 74.0 Å². The number of amides is 1. The number of carbonyl (C=O) groups excluding carboxylic acids is 1. The zero-order valence-corrected chi connectivity index (χ0v) is 19.2. The molecule has 182 valence electrons. The van der Waals surface area contributed by atoms with Crippen LogP contribution in [-0.2, 0) is 13.3 Å². The van der Waals surface area contributed by atoms with Crippen LogP contribution in [0.4, 0.5) is 23.2 Å². The number of anilines is 1. The number of halogens is 5. The molecular formula is C23H18ClF4N5O2. The summed E-state index contributed by atoms with van der Waals surface area (Å²) in [5.74, 6) is -6.25. The quantitative estimate of drug-likeness (QED) is 0.211. The molecule has 0 saturated carbocycles. The molecule has 0 aliphatic carbocycles. The summed E-state index contributed by atoms with van der Waals surface area (Å²) < 4.78 is 62.5. The number of hydrogen-bond donors (Lipinski definition) is 1. The SMILES string of the molecule is Cc1cc(OCn2ccc(C(=O)Nc3cnn(Cc4c(F)cc(F)c(F)c4F)c3)n2)cc(C)c1Cl. The molecule has 12 heteroatoms. The smallest absolute Gasteiger partial charge is 0.276 e. The lowest BCUT2D eigenvalue weighted by molar-refractivity contribution is 0.102. The Morgan fingerprint density at radius 2 is 1.77 bits per heavy atom. The van der Waals surface area contributed by atoms with Crippen molar-refractivity contribution in [1.29, 1.82) is 0 Å². The monoisotopic (exact) mass is 507 g/mol. The van der Waals surface area contributed by atoms with Crippen molar-refractivity contribution in [2.75, 3.05) is 5.32 Å². The zero-order chi connectivity index (χ0) is 25.3. The van der Waals surface area contributed by atoms with E-state index in [1.54, 1.807) is 18.3 Å². The van der Waals surface area contributed by atoms with E-state index in [4.69, 9.17) is 16.3 Å². The first-order chi connectivity index (χ1) is 16.6. The number of rotatable bonds is 7. The van der Waals surface area contributed by atoms with Crippen LogP contribution in [-0.4, -0.2) is 25.5 Å². The predicted octanol–water partition coefficient (Wildman–Crippen LogP) is 5.24. The molecule has 2 aromatic heterocycles. The van der Waals surface area contributed by atoms with Crippen molar-refractivity contribution in [3.8, 4) is 5.75 Å². The first-order valence-corrected chi connectivity index (χ1v) is 10.6. The number of carbonyl (C=O) groups is 1. The minimum Gasteiger partial charge on any atom is -0.471 e. The molecule has 0 spiro atoms. The van der Waals surface area contributed by atoms with Crippen LogP contribution in [0.5, 0.6) is 5.75 Å². The van der Waals surface area contributed by atoms with E-state index < -0.39 is 41.3 Å². The molecule has 2 aromatic carbocycles. The fraction of sp³-hybridized carbons (Fsp3) is 0.174. The lowest BCUT2D eigenvalue weighted by Gasteiger charge is -2.10. The lowest BCUT2D eigenvalue weighted by atomic mass is 10.1. The molecule has 0 aliphatic heterocycles. The number of hydrogen-bond acceptors (Lipinski definition) is 4. The van der Waals surface area contributed by atoms with Gasteiger partial charge < -0.3 is 10.1 Å². The van der Waals surface area contributed by atoms with Gasteiger partial charge >= 0.3 is 0 Å². The molecule has 2 heterocycles. The van der Waals surface area contributed by atoms with Gasteiger partial charge in [0, 0.05) is 29.0 Å². The van der Waals surface area contributed by atoms with Gasteiger partial charge in [0.05, 0.1) is 18.4 Å². The number of nitrogens with one attached hydrogen (secondary N) is 1. The standard InChI is InChI=1S/C23H18ClF4N5O2/c1-12-5-15(6-13(2)20(12)24)35-11-32-4-3-19(31-32)23(34)30-14-8-29-33(9-14)10-16-17(25)7-18(26)22(28)21(16)27/h3-9H,10-11H2,1-2H3,(H,30,34). The van der Waals surface area contributed by atoms with Crippen molar-refractivity contribution in [3.63, 3.8) is 0 Å². The molecule has 0 fully saturated rings. The Morgan fingerprint density at radius 1 is 1.06 bits per heavy atom. The largest absolute Gasteiger partial charge is 0.471 e. The zero-order valence-electron chi connectivity index (χ0n) is 18.5. The third kappa shape index (κ3) is 5.29. The third-order valence-electron chi connectivity index (χ3n) is 5.07. The third-order valence-corrected chi connectivity index (χ3v) is 5.66. The Bertz CT molecular complexity index is 1400. The minimum atomic E-state index is -1.78. The fourth-order valence-corrected chi connectivity index (χ4v) is 3.41. The second-order valence-corrected chi connectivity index (χ2v) is 8.09. The van der Waals surface area contributed by atoms with E-state index in [2.05, 4.69) is 15.5 Å². The van der Waals surface area contributed by atoms with Gasteiger partial charge in [-0.05, 0) is 43.2 Å². The Kier molecular flexibility index (Phi) is 6.79. The van der Waals surface area contributed by atoms with E-state index in [9.17, 15) is 22.4 Å². The van der Waals surface area contributed by atoms with Crippen molar-refractivity contribution < 1.29 is 27.1 Å². The van der Waals surface area contributed by atoms with Gasteiger partial charge in [-0.2, -0.15) is 10.2 Å². The maximum atomic E-state index is 13.9. The van der Waals surface area contributed by atoms with Crippen LogP contribution in [0, 0.1) is 37.1 Å².